The topological polar surface area (TPSA) is 18.8 Å². The molecule has 2 heterocycles. The van der Waals surface area contributed by atoms with Gasteiger partial charge >= 0.3 is 0 Å². The van der Waals surface area contributed by atoms with Gasteiger partial charge in [-0.15, -0.1) is 0 Å². The number of nitrogens with zero attached hydrogens (tertiary/aromatic N) is 3. The first kappa shape index (κ1) is 20.7. The van der Waals surface area contributed by atoms with Crippen LogP contribution in [0.4, 0.5) is 5.69 Å². The number of hydrazone groups is 1. The maximum Gasteiger partial charge on any atom is 0.0872 e. The van der Waals surface area contributed by atoms with Crippen LogP contribution in [-0.4, -0.2) is 30.7 Å². The van der Waals surface area contributed by atoms with Crippen molar-refractivity contribution in [2.75, 3.05) is 25.1 Å². The molecule has 0 saturated carbocycles. The monoisotopic (exact) mass is 535 g/mol. The van der Waals surface area contributed by atoms with Crippen LogP contribution in [0.3, 0.4) is 0 Å². The number of piperidine rings is 1. The fraction of sp³-hybridized carbons (Fsp3) is 0.192. The highest BCUT2D eigenvalue weighted by Gasteiger charge is 2.43. The van der Waals surface area contributed by atoms with Crippen molar-refractivity contribution in [3.8, 4) is 0 Å². The summed E-state index contributed by atoms with van der Waals surface area (Å²) in [5.41, 5.74) is 6.12. The number of likely N-dealkylation sites (tertiary alicyclic amines) is 1. The van der Waals surface area contributed by atoms with E-state index >= 15 is 0 Å². The molecule has 5 rings (SSSR count). The average Bonchev–Trinajstić information content (AvgIpc) is 3.16. The Morgan fingerprint density at radius 2 is 1.52 bits per heavy atom. The molecule has 0 radical (unpaired) electrons. The maximum atomic E-state index is 5.22. The molecule has 2 aliphatic rings. The Balaban J connectivity index is 1.60. The Morgan fingerprint density at radius 1 is 0.871 bits per heavy atom. The van der Waals surface area contributed by atoms with Gasteiger partial charge in [0.25, 0.3) is 0 Å². The molecule has 0 bridgehead atoms. The molecule has 5 heteroatoms. The van der Waals surface area contributed by atoms with Crippen LogP contribution in [-0.2, 0) is 0 Å². The lowest BCUT2D eigenvalue weighted by Crippen LogP contribution is -2.41. The summed E-state index contributed by atoms with van der Waals surface area (Å²) in [6.45, 7) is 1.89. The summed E-state index contributed by atoms with van der Waals surface area (Å²) in [6.07, 6.45) is 2.29. The Hall–Kier alpha value is -2.21. The zero-order chi connectivity index (χ0) is 21.4. The number of rotatable bonds is 3. The molecule has 3 aromatic carbocycles. The number of hydrogen-bond donors (Lipinski definition) is 0. The van der Waals surface area contributed by atoms with E-state index in [1.54, 1.807) is 0 Å². The number of halogens is 2. The molecule has 0 aliphatic carbocycles. The molecular weight excluding hydrogens is 514 g/mol. The summed E-state index contributed by atoms with van der Waals surface area (Å²) >= 11 is 7.12. The molecule has 1 saturated heterocycles. The third-order valence-corrected chi connectivity index (χ3v) is 6.99. The third kappa shape index (κ3) is 4.27. The molecule has 3 aromatic rings. The van der Waals surface area contributed by atoms with Gasteiger partial charge in [0.15, 0.2) is 0 Å². The summed E-state index contributed by atoms with van der Waals surface area (Å²) in [4.78, 5) is 2.41. The highest BCUT2D eigenvalue weighted by molar-refractivity contribution is 9.10. The van der Waals surface area contributed by atoms with Crippen LogP contribution in [0.2, 0.25) is 0 Å². The molecule has 1 fully saturated rings. The Bertz CT molecular complexity index is 1120. The van der Waals surface area contributed by atoms with Crippen LogP contribution in [0, 0.1) is 5.92 Å². The molecule has 156 valence electrons. The van der Waals surface area contributed by atoms with Gasteiger partial charge in [0.2, 0.25) is 0 Å². The van der Waals surface area contributed by atoms with Crippen molar-refractivity contribution in [3.63, 3.8) is 0 Å². The zero-order valence-corrected chi connectivity index (χ0v) is 20.4. The van der Waals surface area contributed by atoms with Crippen molar-refractivity contribution in [2.24, 2.45) is 11.0 Å². The van der Waals surface area contributed by atoms with Crippen molar-refractivity contribution >= 4 is 49.3 Å². The highest BCUT2D eigenvalue weighted by atomic mass is 79.9. The fourth-order valence-electron chi connectivity index (χ4n) is 4.55. The van der Waals surface area contributed by atoms with E-state index in [9.17, 15) is 0 Å². The van der Waals surface area contributed by atoms with Crippen molar-refractivity contribution in [3.05, 3.63) is 105 Å². The van der Waals surface area contributed by atoms with Crippen LogP contribution in [0.1, 0.15) is 17.2 Å². The van der Waals surface area contributed by atoms with Gasteiger partial charge < -0.3 is 4.90 Å². The van der Waals surface area contributed by atoms with Crippen molar-refractivity contribution < 1.29 is 0 Å². The lowest BCUT2D eigenvalue weighted by Gasteiger charge is -2.34. The zero-order valence-electron chi connectivity index (χ0n) is 17.2. The van der Waals surface area contributed by atoms with E-state index in [0.717, 1.165) is 27.7 Å². The molecule has 0 amide bonds. The number of hydrogen-bond acceptors (Lipinski definition) is 3. The van der Waals surface area contributed by atoms with Gasteiger partial charge in [0.05, 0.1) is 17.4 Å². The second kappa shape index (κ2) is 8.73. The molecule has 31 heavy (non-hydrogen) atoms. The molecule has 2 atom stereocenters. The third-order valence-electron chi connectivity index (χ3n) is 5.93. The first-order valence-corrected chi connectivity index (χ1v) is 12.0. The van der Waals surface area contributed by atoms with Crippen LogP contribution in [0.5, 0.6) is 0 Å². The van der Waals surface area contributed by atoms with Gasteiger partial charge in [0, 0.05) is 28.0 Å². The van der Waals surface area contributed by atoms with Gasteiger partial charge in [0.1, 0.15) is 0 Å². The second-order valence-electron chi connectivity index (χ2n) is 8.19. The minimum atomic E-state index is 0.168. The molecular formula is C26H23Br2N3. The molecule has 2 aliphatic heterocycles. The lowest BCUT2D eigenvalue weighted by molar-refractivity contribution is 0.303. The first-order valence-electron chi connectivity index (χ1n) is 10.4. The van der Waals surface area contributed by atoms with Gasteiger partial charge in [-0.25, -0.2) is 0 Å². The van der Waals surface area contributed by atoms with Crippen LogP contribution < -0.4 is 5.01 Å². The van der Waals surface area contributed by atoms with E-state index in [1.165, 1.54) is 22.4 Å². The van der Waals surface area contributed by atoms with Gasteiger partial charge in [-0.2, -0.15) is 5.10 Å². The van der Waals surface area contributed by atoms with E-state index in [1.807, 2.05) is 0 Å². The summed E-state index contributed by atoms with van der Waals surface area (Å²) in [5, 5.41) is 7.44. The van der Waals surface area contributed by atoms with Gasteiger partial charge in [-0.1, -0.05) is 74.3 Å². The predicted octanol–water partition coefficient (Wildman–Crippen LogP) is 6.77. The number of fused-ring (bicyclic) bond motifs is 1. The van der Waals surface area contributed by atoms with Crippen LogP contribution in [0.15, 0.2) is 98.5 Å². The minimum Gasteiger partial charge on any atom is -0.301 e. The normalized spacial score (nSPS) is 22.5. The Labute approximate surface area is 200 Å². The number of para-hydroxylation sites is 1. The van der Waals surface area contributed by atoms with Gasteiger partial charge in [-0.05, 0) is 66.2 Å². The summed E-state index contributed by atoms with van der Waals surface area (Å²) in [5.74, 6) is 0.307. The number of anilines is 1. The fourth-order valence-corrected chi connectivity index (χ4v) is 5.07. The SMILES string of the molecule is CN1C/C(=C\c2ccc(Br)cc2)C2=NN(c3ccccc3)[C@H](c3ccc(Br)cc3)[C@H]2C1. The molecule has 0 unspecified atom stereocenters. The first-order chi connectivity index (χ1) is 15.1. The largest absolute Gasteiger partial charge is 0.301 e. The number of benzene rings is 3. The molecule has 0 N–H and O–H groups in total. The standard InChI is InChI=1S/C26H23Br2N3/c1-30-16-20(15-18-7-11-21(27)12-8-18)25-24(17-30)26(19-9-13-22(28)14-10-19)31(29-25)23-5-3-2-4-6-23/h2-15,24,26H,16-17H2,1H3/b20-15+/t24-,26+/m0/s1. The van der Waals surface area contributed by atoms with Gasteiger partial charge in [-0.3, -0.25) is 5.01 Å². The summed E-state index contributed by atoms with van der Waals surface area (Å²) in [7, 11) is 2.20. The molecule has 3 nitrogen and oxygen atoms in total. The Kier molecular flexibility index (Phi) is 5.83. The van der Waals surface area contributed by atoms with E-state index in [-0.39, 0.29) is 6.04 Å². The lowest BCUT2D eigenvalue weighted by atomic mass is 9.83. The quantitative estimate of drug-likeness (QED) is 0.367. The van der Waals surface area contributed by atoms with Crippen LogP contribution >= 0.6 is 31.9 Å². The van der Waals surface area contributed by atoms with Crippen molar-refractivity contribution in [1.29, 1.82) is 0 Å². The maximum absolute atomic E-state index is 5.22. The molecule has 0 aromatic heterocycles. The second-order valence-corrected chi connectivity index (χ2v) is 10.0. The van der Waals surface area contributed by atoms with E-state index in [4.69, 9.17) is 5.10 Å². The van der Waals surface area contributed by atoms with E-state index < -0.39 is 0 Å². The summed E-state index contributed by atoms with van der Waals surface area (Å²) in [6, 6.07) is 27.9. The van der Waals surface area contributed by atoms with Crippen molar-refractivity contribution in [2.45, 2.75) is 6.04 Å². The highest BCUT2D eigenvalue weighted by Crippen LogP contribution is 2.43. The number of likely N-dealkylation sites (N-methyl/N-ethyl adjacent to an activating group) is 1. The summed E-state index contributed by atoms with van der Waals surface area (Å²) < 4.78 is 2.19. The smallest absolute Gasteiger partial charge is 0.0872 e. The predicted molar refractivity (Wildman–Crippen MR) is 136 cm³/mol. The molecule has 0 spiro atoms. The average molecular weight is 537 g/mol. The van der Waals surface area contributed by atoms with Crippen molar-refractivity contribution in [1.82, 2.24) is 4.90 Å². The Morgan fingerprint density at radius 3 is 2.19 bits per heavy atom. The minimum absolute atomic E-state index is 0.168. The van der Waals surface area contributed by atoms with E-state index in [2.05, 4.69) is 134 Å². The van der Waals surface area contributed by atoms with Crippen LogP contribution in [0.25, 0.3) is 6.08 Å². The van der Waals surface area contributed by atoms with E-state index in [0.29, 0.717) is 5.92 Å².